The number of anilines is 1. The molecule has 0 aromatic heterocycles. The molecule has 0 heterocycles. The van der Waals surface area contributed by atoms with Crippen molar-refractivity contribution in [3.05, 3.63) is 76.1 Å². The summed E-state index contributed by atoms with van der Waals surface area (Å²) < 4.78 is 21.3. The smallest absolute Gasteiger partial charge is 0.251 e. The van der Waals surface area contributed by atoms with Gasteiger partial charge in [0, 0.05) is 37.6 Å². The monoisotopic (exact) mass is 429 g/mol. The van der Waals surface area contributed by atoms with Gasteiger partial charge < -0.3 is 15.0 Å². The van der Waals surface area contributed by atoms with Crippen molar-refractivity contribution in [2.24, 2.45) is 0 Å². The van der Waals surface area contributed by atoms with E-state index in [1.165, 1.54) is 7.11 Å². The summed E-state index contributed by atoms with van der Waals surface area (Å²) in [5, 5.41) is 2.91. The molecule has 0 saturated carbocycles. The van der Waals surface area contributed by atoms with E-state index in [9.17, 15) is 9.00 Å². The summed E-state index contributed by atoms with van der Waals surface area (Å²) in [6.45, 7) is 4.34. The summed E-state index contributed by atoms with van der Waals surface area (Å²) in [5.41, 5.74) is 3.60. The molecule has 162 valence electrons. The van der Waals surface area contributed by atoms with Crippen LogP contribution in [0.1, 0.15) is 32.3 Å². The second-order valence-corrected chi connectivity index (χ2v) is 8.24. The zero-order valence-electron chi connectivity index (χ0n) is 18.3. The molecule has 1 amide bonds. The van der Waals surface area contributed by atoms with Crippen LogP contribution >= 0.6 is 0 Å². The Balaban J connectivity index is 2.06. The van der Waals surface area contributed by atoms with E-state index in [-0.39, 0.29) is 5.91 Å². The van der Waals surface area contributed by atoms with Crippen LogP contribution in [0.3, 0.4) is 0 Å². The summed E-state index contributed by atoms with van der Waals surface area (Å²) in [5.74, 6) is 0.321. The van der Waals surface area contributed by atoms with Crippen molar-refractivity contribution >= 4 is 22.6 Å². The zero-order chi connectivity index (χ0) is 22.1. The highest BCUT2D eigenvalue weighted by molar-refractivity contribution is 7.87. The van der Waals surface area contributed by atoms with Crippen molar-refractivity contribution in [3.8, 4) is 0 Å². The predicted molar refractivity (Wildman–Crippen MR) is 124 cm³/mol. The molecule has 0 fully saturated rings. The van der Waals surface area contributed by atoms with Crippen LogP contribution in [-0.2, 0) is 27.1 Å². The average Bonchev–Trinajstić information content (AvgIpc) is 2.98. The minimum absolute atomic E-state index is 0.158. The lowest BCUT2D eigenvalue weighted by Crippen LogP contribution is -2.24. The van der Waals surface area contributed by atoms with Crippen molar-refractivity contribution < 1.29 is 13.7 Å². The lowest BCUT2D eigenvalue weighted by molar-refractivity contribution is -0.116. The normalized spacial score (nSPS) is 15.4. The quantitative estimate of drug-likeness (QED) is 0.628. The SMILES string of the molecule is C/C=C(\CC)NC(=O)C1=CC=C(OC)C(S(=O)NCc2ccc(N(C)C)cc2)=CC1. The van der Waals surface area contributed by atoms with Gasteiger partial charge in [-0.25, -0.2) is 8.93 Å². The van der Waals surface area contributed by atoms with Crippen molar-refractivity contribution in [3.63, 3.8) is 0 Å². The number of rotatable bonds is 9. The van der Waals surface area contributed by atoms with Crippen molar-refractivity contribution in [1.82, 2.24) is 10.0 Å². The molecule has 6 nitrogen and oxygen atoms in total. The van der Waals surface area contributed by atoms with Gasteiger partial charge in [-0.15, -0.1) is 0 Å². The molecule has 1 unspecified atom stereocenters. The van der Waals surface area contributed by atoms with E-state index in [2.05, 4.69) is 10.0 Å². The van der Waals surface area contributed by atoms with E-state index >= 15 is 0 Å². The minimum atomic E-state index is -1.47. The van der Waals surface area contributed by atoms with Gasteiger partial charge in [-0.05, 0) is 49.6 Å². The molecule has 0 bridgehead atoms. The Bertz CT molecular complexity index is 897. The highest BCUT2D eigenvalue weighted by Crippen LogP contribution is 2.22. The summed E-state index contributed by atoms with van der Waals surface area (Å²) in [4.78, 5) is 15.1. The fourth-order valence-electron chi connectivity index (χ4n) is 2.86. The number of carbonyl (C=O) groups is 1. The third-order valence-corrected chi connectivity index (χ3v) is 5.93. The van der Waals surface area contributed by atoms with Crippen LogP contribution in [-0.4, -0.2) is 31.3 Å². The third-order valence-electron chi connectivity index (χ3n) is 4.76. The summed E-state index contributed by atoms with van der Waals surface area (Å²) in [7, 11) is 4.04. The Morgan fingerprint density at radius 3 is 2.50 bits per heavy atom. The molecule has 1 aliphatic rings. The van der Waals surface area contributed by atoms with E-state index in [0.717, 1.165) is 23.4 Å². The number of nitrogens with one attached hydrogen (secondary N) is 2. The molecule has 2 rings (SSSR count). The molecule has 7 heteroatoms. The molecule has 0 spiro atoms. The molecule has 1 atom stereocenters. The molecule has 0 aliphatic heterocycles. The first-order valence-electron chi connectivity index (χ1n) is 9.93. The van der Waals surface area contributed by atoms with Crippen LogP contribution in [0.25, 0.3) is 0 Å². The Kier molecular flexibility index (Phi) is 9.08. The molecule has 30 heavy (non-hydrogen) atoms. The first-order valence-corrected chi connectivity index (χ1v) is 11.1. The Hall–Kier alpha value is -2.64. The van der Waals surface area contributed by atoms with Gasteiger partial charge in [0.2, 0.25) is 0 Å². The number of hydrogen-bond donors (Lipinski definition) is 2. The van der Waals surface area contributed by atoms with Gasteiger partial charge in [0.25, 0.3) is 5.91 Å². The molecule has 1 aromatic rings. The number of ether oxygens (including phenoxy) is 1. The van der Waals surface area contributed by atoms with E-state index in [0.29, 0.717) is 29.2 Å². The van der Waals surface area contributed by atoms with Crippen LogP contribution in [0.4, 0.5) is 5.69 Å². The lowest BCUT2D eigenvalue weighted by atomic mass is 10.1. The van der Waals surface area contributed by atoms with Gasteiger partial charge in [-0.2, -0.15) is 0 Å². The van der Waals surface area contributed by atoms with E-state index < -0.39 is 11.0 Å². The van der Waals surface area contributed by atoms with Gasteiger partial charge >= 0.3 is 0 Å². The van der Waals surface area contributed by atoms with Crippen LogP contribution < -0.4 is 14.9 Å². The Morgan fingerprint density at radius 1 is 1.23 bits per heavy atom. The fourth-order valence-corrected chi connectivity index (χ4v) is 3.89. The number of nitrogens with zero attached hydrogens (tertiary/aromatic N) is 1. The molecule has 0 radical (unpaired) electrons. The van der Waals surface area contributed by atoms with Gasteiger partial charge in [0.1, 0.15) is 16.7 Å². The lowest BCUT2D eigenvalue weighted by Gasteiger charge is -2.13. The maximum atomic E-state index is 12.9. The third kappa shape index (κ3) is 6.43. The molecule has 2 N–H and O–H groups in total. The topological polar surface area (TPSA) is 70.7 Å². The van der Waals surface area contributed by atoms with Crippen molar-refractivity contribution in [2.45, 2.75) is 33.2 Å². The highest BCUT2D eigenvalue weighted by atomic mass is 32.2. The number of amides is 1. The van der Waals surface area contributed by atoms with Crippen molar-refractivity contribution in [2.75, 3.05) is 26.1 Å². The van der Waals surface area contributed by atoms with Crippen molar-refractivity contribution in [1.29, 1.82) is 0 Å². The largest absolute Gasteiger partial charge is 0.495 e. The second kappa shape index (κ2) is 11.5. The second-order valence-electron chi connectivity index (χ2n) is 6.97. The average molecular weight is 430 g/mol. The van der Waals surface area contributed by atoms with Gasteiger partial charge in [0.05, 0.1) is 12.0 Å². The van der Waals surface area contributed by atoms with Crippen LogP contribution in [0, 0.1) is 0 Å². The van der Waals surface area contributed by atoms with E-state index in [4.69, 9.17) is 4.74 Å². The Morgan fingerprint density at radius 2 is 1.93 bits per heavy atom. The van der Waals surface area contributed by atoms with Crippen LogP contribution in [0.15, 0.2) is 70.5 Å². The molecule has 0 saturated heterocycles. The standard InChI is InChI=1S/C23H31N3O3S/c1-6-19(7-2)25-23(27)18-10-14-21(29-5)22(15-11-18)30(28)24-16-17-8-12-20(13-9-17)26(3)4/h6,8-10,12-15,24H,7,11,16H2,1-5H3,(H,25,27)/b19-6+. The first kappa shape index (κ1) is 23.6. The summed E-state index contributed by atoms with van der Waals surface area (Å²) in [6.07, 6.45) is 8.21. The zero-order valence-corrected chi connectivity index (χ0v) is 19.1. The maximum absolute atomic E-state index is 12.9. The van der Waals surface area contributed by atoms with Crippen LogP contribution in [0.5, 0.6) is 0 Å². The fraction of sp³-hybridized carbons (Fsp3) is 0.348. The summed E-state index contributed by atoms with van der Waals surface area (Å²) >= 11 is 0. The summed E-state index contributed by atoms with van der Waals surface area (Å²) in [6, 6.07) is 8.06. The van der Waals surface area contributed by atoms with E-state index in [1.807, 2.05) is 63.2 Å². The number of benzene rings is 1. The Labute approximate surface area is 182 Å². The molecular formula is C23H31N3O3S. The van der Waals surface area contributed by atoms with E-state index in [1.54, 1.807) is 18.2 Å². The van der Waals surface area contributed by atoms with Gasteiger partial charge in [-0.1, -0.05) is 31.2 Å². The van der Waals surface area contributed by atoms with Gasteiger partial charge in [0.15, 0.2) is 0 Å². The van der Waals surface area contributed by atoms with Gasteiger partial charge in [-0.3, -0.25) is 4.79 Å². The number of carbonyl (C=O) groups excluding carboxylic acids is 1. The molecule has 1 aromatic carbocycles. The predicted octanol–water partition coefficient (Wildman–Crippen LogP) is 3.68. The number of allylic oxidation sites excluding steroid dienone is 5. The number of hydrogen-bond acceptors (Lipinski definition) is 4. The maximum Gasteiger partial charge on any atom is 0.251 e. The highest BCUT2D eigenvalue weighted by Gasteiger charge is 2.18. The minimum Gasteiger partial charge on any atom is -0.495 e. The molecular weight excluding hydrogens is 398 g/mol. The van der Waals surface area contributed by atoms with Crippen LogP contribution in [0.2, 0.25) is 0 Å². The first-order chi connectivity index (χ1) is 14.4. The number of methoxy groups -OCH3 is 1. The molecule has 1 aliphatic carbocycles.